The predicted molar refractivity (Wildman–Crippen MR) is 34.9 cm³/mol. The van der Waals surface area contributed by atoms with Crippen molar-refractivity contribution in [3.63, 3.8) is 0 Å². The average Bonchev–Trinajstić information content (AvgIpc) is 2.12. The van der Waals surface area contributed by atoms with E-state index in [2.05, 4.69) is 0 Å². The standard InChI is InChI=1S/C5H8BF3NO/c7-6(8,9)4-10-3-1-2-5(10)11/h1-4H2/q-1. The Balaban J connectivity index is 2.43. The summed E-state index contributed by atoms with van der Waals surface area (Å²) in [7, 11) is 0. The van der Waals surface area contributed by atoms with Crippen molar-refractivity contribution >= 4 is 12.9 Å². The number of rotatable bonds is 2. The number of hydrogen-bond donors (Lipinski definition) is 0. The van der Waals surface area contributed by atoms with Gasteiger partial charge < -0.3 is 17.8 Å². The van der Waals surface area contributed by atoms with Gasteiger partial charge in [-0.25, -0.2) is 0 Å². The third kappa shape index (κ3) is 2.44. The van der Waals surface area contributed by atoms with Crippen LogP contribution in [0.25, 0.3) is 0 Å². The molecule has 0 aromatic carbocycles. The molecule has 0 spiro atoms. The molecule has 0 aliphatic carbocycles. The van der Waals surface area contributed by atoms with Gasteiger partial charge in [0, 0.05) is 13.0 Å². The Hall–Kier alpha value is -0.675. The van der Waals surface area contributed by atoms with Crippen molar-refractivity contribution in [2.75, 3.05) is 13.0 Å². The van der Waals surface area contributed by atoms with Crippen LogP contribution < -0.4 is 0 Å². The van der Waals surface area contributed by atoms with Crippen LogP contribution in [-0.4, -0.2) is 30.8 Å². The number of likely N-dealkylation sites (tertiary alicyclic amines) is 1. The summed E-state index contributed by atoms with van der Waals surface area (Å²) in [6.07, 6.45) is -0.198. The van der Waals surface area contributed by atoms with Crippen molar-refractivity contribution in [2.45, 2.75) is 12.8 Å². The molecule has 0 aromatic rings. The molecular weight excluding hydrogens is 158 g/mol. The van der Waals surface area contributed by atoms with E-state index >= 15 is 0 Å². The van der Waals surface area contributed by atoms with Crippen LogP contribution in [0.5, 0.6) is 0 Å². The third-order valence-electron chi connectivity index (χ3n) is 1.60. The fraction of sp³-hybridized carbons (Fsp3) is 0.800. The van der Waals surface area contributed by atoms with E-state index < -0.39 is 13.4 Å². The van der Waals surface area contributed by atoms with E-state index in [0.717, 1.165) is 4.90 Å². The van der Waals surface area contributed by atoms with Crippen LogP contribution in [0.2, 0.25) is 0 Å². The second kappa shape index (κ2) is 2.75. The van der Waals surface area contributed by atoms with Gasteiger partial charge in [-0.15, -0.1) is 0 Å². The zero-order valence-electron chi connectivity index (χ0n) is 5.90. The Morgan fingerprint density at radius 3 is 2.45 bits per heavy atom. The van der Waals surface area contributed by atoms with E-state index in [0.29, 0.717) is 6.42 Å². The highest BCUT2D eigenvalue weighted by atomic mass is 19.4. The maximum absolute atomic E-state index is 11.7. The maximum atomic E-state index is 11.7. The first-order chi connectivity index (χ1) is 4.99. The Kier molecular flexibility index (Phi) is 2.11. The number of hydrogen-bond acceptors (Lipinski definition) is 1. The van der Waals surface area contributed by atoms with Gasteiger partial charge in [-0.1, -0.05) is 0 Å². The largest absolute Gasteiger partial charge is 0.497 e. The lowest BCUT2D eigenvalue weighted by molar-refractivity contribution is -0.127. The Morgan fingerprint density at radius 1 is 1.45 bits per heavy atom. The van der Waals surface area contributed by atoms with Crippen molar-refractivity contribution < 1.29 is 17.7 Å². The minimum Gasteiger partial charge on any atom is -0.448 e. The fourth-order valence-corrected chi connectivity index (χ4v) is 1.15. The van der Waals surface area contributed by atoms with Gasteiger partial charge in [-0.3, -0.25) is 4.79 Å². The maximum Gasteiger partial charge on any atom is 0.497 e. The van der Waals surface area contributed by atoms with Crippen LogP contribution in [0.3, 0.4) is 0 Å². The fourth-order valence-electron chi connectivity index (χ4n) is 1.15. The Bertz CT molecular complexity index is 170. The molecule has 0 atom stereocenters. The third-order valence-corrected chi connectivity index (χ3v) is 1.60. The molecule has 6 heteroatoms. The summed E-state index contributed by atoms with van der Waals surface area (Å²) in [5.41, 5.74) is 0. The predicted octanol–water partition coefficient (Wildman–Crippen LogP) is 0.995. The van der Waals surface area contributed by atoms with E-state index in [9.17, 15) is 17.7 Å². The van der Waals surface area contributed by atoms with E-state index in [4.69, 9.17) is 0 Å². The lowest BCUT2D eigenvalue weighted by Crippen LogP contribution is -2.38. The summed E-state index contributed by atoms with van der Waals surface area (Å²) in [6, 6.07) is 0. The monoisotopic (exact) mass is 166 g/mol. The molecule has 64 valence electrons. The van der Waals surface area contributed by atoms with Crippen LogP contribution in [0.15, 0.2) is 0 Å². The zero-order valence-corrected chi connectivity index (χ0v) is 5.90. The minimum atomic E-state index is -4.84. The second-order valence-electron chi connectivity index (χ2n) is 2.65. The van der Waals surface area contributed by atoms with Crippen molar-refractivity contribution in [2.24, 2.45) is 0 Å². The number of halogens is 3. The van der Waals surface area contributed by atoms with E-state index in [-0.39, 0.29) is 18.9 Å². The van der Waals surface area contributed by atoms with Gasteiger partial charge in [-0.05, 0) is 12.9 Å². The molecule has 0 unspecified atom stereocenters. The van der Waals surface area contributed by atoms with Gasteiger partial charge in [0.1, 0.15) is 0 Å². The van der Waals surface area contributed by atoms with Gasteiger partial charge >= 0.3 is 6.98 Å². The van der Waals surface area contributed by atoms with Crippen molar-refractivity contribution in [3.8, 4) is 0 Å². The van der Waals surface area contributed by atoms with Gasteiger partial charge in [0.05, 0.1) is 0 Å². The molecule has 0 aromatic heterocycles. The molecule has 1 aliphatic heterocycles. The van der Waals surface area contributed by atoms with Crippen LogP contribution in [0.4, 0.5) is 12.9 Å². The average molecular weight is 166 g/mol. The smallest absolute Gasteiger partial charge is 0.448 e. The van der Waals surface area contributed by atoms with Crippen molar-refractivity contribution in [1.82, 2.24) is 4.90 Å². The first-order valence-corrected chi connectivity index (χ1v) is 3.48. The molecule has 11 heavy (non-hydrogen) atoms. The summed E-state index contributed by atoms with van der Waals surface area (Å²) in [4.78, 5) is 11.6. The Labute approximate surface area is 62.4 Å². The van der Waals surface area contributed by atoms with Crippen molar-refractivity contribution in [3.05, 3.63) is 0 Å². The quantitative estimate of drug-likeness (QED) is 0.560. The number of carbonyl (C=O) groups is 1. The SMILES string of the molecule is O=C1CCCN1C[B-](F)(F)F. The Morgan fingerprint density at radius 2 is 2.09 bits per heavy atom. The normalized spacial score (nSPS) is 19.5. The van der Waals surface area contributed by atoms with Crippen LogP contribution in [-0.2, 0) is 4.79 Å². The second-order valence-corrected chi connectivity index (χ2v) is 2.65. The molecule has 1 fully saturated rings. The van der Waals surface area contributed by atoms with Crippen LogP contribution in [0.1, 0.15) is 12.8 Å². The van der Waals surface area contributed by atoms with Gasteiger partial charge in [0.15, 0.2) is 0 Å². The summed E-state index contributed by atoms with van der Waals surface area (Å²) in [5, 5.41) is 0. The lowest BCUT2D eigenvalue weighted by Gasteiger charge is -2.22. The molecule has 2 nitrogen and oxygen atoms in total. The van der Waals surface area contributed by atoms with E-state index in [1.807, 2.05) is 0 Å². The molecule has 1 aliphatic rings. The molecule has 1 rings (SSSR count). The summed E-state index contributed by atoms with van der Waals surface area (Å²) >= 11 is 0. The molecule has 0 saturated carbocycles. The highest BCUT2D eigenvalue weighted by molar-refractivity contribution is 6.58. The molecule has 1 amide bonds. The summed E-state index contributed by atoms with van der Waals surface area (Å²) in [6.45, 7) is -4.58. The molecule has 1 saturated heterocycles. The molecule has 1 heterocycles. The van der Waals surface area contributed by atoms with Gasteiger partial charge in [-0.2, -0.15) is 0 Å². The summed E-state index contributed by atoms with van der Waals surface area (Å²) in [5.74, 6) is -0.371. The van der Waals surface area contributed by atoms with Gasteiger partial charge in [0.2, 0.25) is 5.91 Å². The number of amides is 1. The summed E-state index contributed by atoms with van der Waals surface area (Å²) < 4.78 is 35.2. The van der Waals surface area contributed by atoms with E-state index in [1.54, 1.807) is 0 Å². The topological polar surface area (TPSA) is 20.3 Å². The number of nitrogens with zero attached hydrogens (tertiary/aromatic N) is 1. The van der Waals surface area contributed by atoms with E-state index in [1.165, 1.54) is 0 Å². The lowest BCUT2D eigenvalue weighted by atomic mass is 9.91. The van der Waals surface area contributed by atoms with Crippen LogP contribution in [0, 0.1) is 0 Å². The molecule has 0 N–H and O–H groups in total. The zero-order chi connectivity index (χ0) is 8.48. The first kappa shape index (κ1) is 8.42. The number of carbonyl (C=O) groups excluding carboxylic acids is 1. The van der Waals surface area contributed by atoms with Gasteiger partial charge in [0.25, 0.3) is 0 Å². The minimum absolute atomic E-state index is 0.264. The first-order valence-electron chi connectivity index (χ1n) is 3.48. The molecule has 0 radical (unpaired) electrons. The highest BCUT2D eigenvalue weighted by Gasteiger charge is 2.30. The van der Waals surface area contributed by atoms with Crippen molar-refractivity contribution in [1.29, 1.82) is 0 Å². The molecular formula is C5H8BF3NO-. The molecule has 0 bridgehead atoms. The highest BCUT2D eigenvalue weighted by Crippen LogP contribution is 2.16. The van der Waals surface area contributed by atoms with Crippen LogP contribution >= 0.6 is 0 Å².